The summed E-state index contributed by atoms with van der Waals surface area (Å²) in [6.45, 7) is -0.00744. The fourth-order valence-electron chi connectivity index (χ4n) is 7.17. The lowest BCUT2D eigenvalue weighted by Crippen LogP contribution is -2.59. The molecule has 4 aliphatic heterocycles. The van der Waals surface area contributed by atoms with E-state index in [2.05, 4.69) is 60.7 Å². The molecule has 10 rings (SSSR count). The fraction of sp³-hybridized carbons (Fsp3) is 0. The summed E-state index contributed by atoms with van der Waals surface area (Å²) in [5, 5.41) is 2.32. The zero-order chi connectivity index (χ0) is 25.9. The molecule has 0 aliphatic carbocycles. The van der Waals surface area contributed by atoms with Crippen LogP contribution >= 0.6 is 0 Å². The molecule has 4 heterocycles. The molecule has 0 unspecified atom stereocenters. The number of hydrogen-bond acceptors (Lipinski definition) is 4. The van der Waals surface area contributed by atoms with Crippen LogP contribution in [-0.2, 0) is 0 Å². The van der Waals surface area contributed by atoms with Gasteiger partial charge in [0.2, 0.25) is 0 Å². The summed E-state index contributed by atoms with van der Waals surface area (Å²) in [5.74, 6) is 6.93. The first-order valence-electron chi connectivity index (χ1n) is 13.6. The Morgan fingerprint density at radius 2 is 0.650 bits per heavy atom. The van der Waals surface area contributed by atoms with Gasteiger partial charge in [-0.1, -0.05) is 60.7 Å². The maximum atomic E-state index is 6.56. The Hall–Kier alpha value is -5.09. The van der Waals surface area contributed by atoms with Crippen molar-refractivity contribution in [3.63, 3.8) is 0 Å². The molecule has 0 saturated heterocycles. The highest BCUT2D eigenvalue weighted by Crippen LogP contribution is 2.39. The molecule has 0 bridgehead atoms. The summed E-state index contributed by atoms with van der Waals surface area (Å²) in [5.41, 5.74) is 6.79. The Kier molecular flexibility index (Phi) is 3.80. The van der Waals surface area contributed by atoms with Crippen molar-refractivity contribution >= 4 is 57.0 Å². The number of para-hydroxylation sites is 2. The van der Waals surface area contributed by atoms with Crippen molar-refractivity contribution in [2.45, 2.75) is 0 Å². The van der Waals surface area contributed by atoms with Crippen LogP contribution in [-0.4, -0.2) is 13.4 Å². The third-order valence-corrected chi connectivity index (χ3v) is 8.75. The third-order valence-electron chi connectivity index (χ3n) is 8.75. The van der Waals surface area contributed by atoms with Gasteiger partial charge in [0.1, 0.15) is 46.0 Å². The Labute approximate surface area is 230 Å². The summed E-state index contributed by atoms with van der Waals surface area (Å²) < 4.78 is 25.8. The van der Waals surface area contributed by atoms with E-state index in [4.69, 9.17) is 18.9 Å². The van der Waals surface area contributed by atoms with Crippen molar-refractivity contribution in [2.75, 3.05) is 0 Å². The summed E-state index contributed by atoms with van der Waals surface area (Å²) >= 11 is 0. The molecule has 6 aromatic carbocycles. The lowest BCUT2D eigenvalue weighted by Gasteiger charge is -2.35. The minimum absolute atomic E-state index is 0.00372. The topological polar surface area (TPSA) is 36.9 Å². The molecule has 0 N–H and O–H groups in total. The maximum Gasteiger partial charge on any atom is 0.261 e. The minimum atomic E-state index is -0.00372. The van der Waals surface area contributed by atoms with Crippen LogP contribution in [0.1, 0.15) is 0 Å². The number of hydrogen-bond donors (Lipinski definition) is 0. The Balaban J connectivity index is 1.29. The molecule has 0 aromatic heterocycles. The van der Waals surface area contributed by atoms with Gasteiger partial charge < -0.3 is 18.9 Å². The molecule has 0 fully saturated rings. The summed E-state index contributed by atoms with van der Waals surface area (Å²) in [7, 11) is 0. The fourth-order valence-corrected chi connectivity index (χ4v) is 7.17. The molecular weight excluding hydrogens is 494 g/mol. The standard InChI is InChI=1S/C34H18B2O4/c1-3-9-23-21(7-1)35-31-19-15-18-30-32(20(19)16-17-29(31)39-27-13-5-11-25(37-23)33(27)35)36-22-8-2-4-10-24(22)38-26-12-6-14-28(40-30)34(26)36/h1-18H. The number of fused-ring (bicyclic) bond motifs is 11. The molecule has 0 atom stereocenters. The largest absolute Gasteiger partial charge is 0.458 e. The zero-order valence-corrected chi connectivity index (χ0v) is 21.2. The highest BCUT2D eigenvalue weighted by Gasteiger charge is 2.44. The van der Waals surface area contributed by atoms with E-state index in [0.29, 0.717) is 0 Å². The van der Waals surface area contributed by atoms with E-state index < -0.39 is 0 Å². The van der Waals surface area contributed by atoms with Gasteiger partial charge in [0.25, 0.3) is 13.4 Å². The van der Waals surface area contributed by atoms with E-state index in [1.807, 2.05) is 48.5 Å². The molecule has 0 amide bonds. The molecule has 0 saturated carbocycles. The van der Waals surface area contributed by atoms with Crippen LogP contribution in [0.4, 0.5) is 0 Å². The predicted octanol–water partition coefficient (Wildman–Crippen LogP) is 4.30. The maximum absolute atomic E-state index is 6.56. The van der Waals surface area contributed by atoms with Gasteiger partial charge in [0.05, 0.1) is 0 Å². The Morgan fingerprint density at radius 3 is 1.10 bits per heavy atom. The van der Waals surface area contributed by atoms with Crippen molar-refractivity contribution < 1.29 is 18.9 Å². The molecule has 4 aliphatic rings. The second-order valence-corrected chi connectivity index (χ2v) is 10.7. The van der Waals surface area contributed by atoms with E-state index in [-0.39, 0.29) is 13.4 Å². The summed E-state index contributed by atoms with van der Waals surface area (Å²) in [6.07, 6.45) is 0. The zero-order valence-electron chi connectivity index (χ0n) is 21.2. The second kappa shape index (κ2) is 7.30. The number of benzene rings is 6. The van der Waals surface area contributed by atoms with Crippen LogP contribution in [0.5, 0.6) is 46.0 Å². The van der Waals surface area contributed by atoms with Crippen LogP contribution in [0.25, 0.3) is 10.8 Å². The van der Waals surface area contributed by atoms with Crippen LogP contribution in [0, 0.1) is 0 Å². The molecule has 6 heteroatoms. The van der Waals surface area contributed by atoms with E-state index in [9.17, 15) is 0 Å². The average molecular weight is 512 g/mol. The summed E-state index contributed by atoms with van der Waals surface area (Å²) in [4.78, 5) is 0. The van der Waals surface area contributed by atoms with E-state index in [0.717, 1.165) is 89.5 Å². The van der Waals surface area contributed by atoms with Gasteiger partial charge in [-0.05, 0) is 81.2 Å². The van der Waals surface area contributed by atoms with Gasteiger partial charge in [0.15, 0.2) is 0 Å². The molecule has 0 spiro atoms. The van der Waals surface area contributed by atoms with E-state index in [1.54, 1.807) is 0 Å². The van der Waals surface area contributed by atoms with Crippen molar-refractivity contribution in [1.82, 2.24) is 0 Å². The summed E-state index contributed by atoms with van der Waals surface area (Å²) in [6, 6.07) is 37.5. The van der Waals surface area contributed by atoms with Crippen LogP contribution in [0.3, 0.4) is 0 Å². The monoisotopic (exact) mass is 512 g/mol. The van der Waals surface area contributed by atoms with Crippen LogP contribution in [0.15, 0.2) is 109 Å². The first kappa shape index (κ1) is 20.8. The van der Waals surface area contributed by atoms with Gasteiger partial charge in [-0.25, -0.2) is 0 Å². The SMILES string of the molecule is c1ccc2c(c1)Oc1cccc3c1B2c1c(ccc2c4c(ccc12)Oc1cccc2c1B4c1ccccc1O2)O3. The second-order valence-electron chi connectivity index (χ2n) is 10.7. The van der Waals surface area contributed by atoms with Crippen LogP contribution < -0.4 is 51.7 Å². The molecule has 4 nitrogen and oxygen atoms in total. The lowest BCUT2D eigenvalue weighted by atomic mass is 9.33. The first-order valence-corrected chi connectivity index (χ1v) is 13.6. The van der Waals surface area contributed by atoms with Crippen molar-refractivity contribution in [2.24, 2.45) is 0 Å². The number of rotatable bonds is 0. The molecule has 40 heavy (non-hydrogen) atoms. The Bertz CT molecular complexity index is 1920. The van der Waals surface area contributed by atoms with Gasteiger partial charge in [-0.3, -0.25) is 0 Å². The van der Waals surface area contributed by atoms with Crippen molar-refractivity contribution in [1.29, 1.82) is 0 Å². The molecular formula is C34H18B2O4. The van der Waals surface area contributed by atoms with Gasteiger partial charge in [-0.2, -0.15) is 0 Å². The highest BCUT2D eigenvalue weighted by atomic mass is 16.5. The molecule has 6 aromatic rings. The smallest absolute Gasteiger partial charge is 0.261 e. The minimum Gasteiger partial charge on any atom is -0.458 e. The van der Waals surface area contributed by atoms with Crippen LogP contribution in [0.2, 0.25) is 0 Å². The normalized spacial score (nSPS) is 14.2. The van der Waals surface area contributed by atoms with Gasteiger partial charge in [-0.15, -0.1) is 0 Å². The number of ether oxygens (including phenoxy) is 4. The predicted molar refractivity (Wildman–Crippen MR) is 159 cm³/mol. The third kappa shape index (κ3) is 2.54. The van der Waals surface area contributed by atoms with Gasteiger partial charge >= 0.3 is 0 Å². The first-order chi connectivity index (χ1) is 19.8. The van der Waals surface area contributed by atoms with E-state index in [1.165, 1.54) is 0 Å². The van der Waals surface area contributed by atoms with Crippen molar-refractivity contribution in [3.8, 4) is 46.0 Å². The Morgan fingerprint density at radius 1 is 0.300 bits per heavy atom. The van der Waals surface area contributed by atoms with Crippen molar-refractivity contribution in [3.05, 3.63) is 109 Å². The average Bonchev–Trinajstić information content (AvgIpc) is 3.00. The lowest BCUT2D eigenvalue weighted by molar-refractivity contribution is 0.463. The highest BCUT2D eigenvalue weighted by molar-refractivity contribution is 7.01. The molecule has 0 radical (unpaired) electrons. The van der Waals surface area contributed by atoms with Gasteiger partial charge in [0, 0.05) is 10.9 Å². The molecule has 184 valence electrons. The quantitative estimate of drug-likeness (QED) is 0.284. The van der Waals surface area contributed by atoms with E-state index >= 15 is 0 Å².